The first-order chi connectivity index (χ1) is 14.2. The third-order valence-electron chi connectivity index (χ3n) is 3.98. The van der Waals surface area contributed by atoms with Gasteiger partial charge in [-0.2, -0.15) is 0 Å². The molecule has 154 valence electrons. The first kappa shape index (κ1) is 20.9. The van der Waals surface area contributed by atoms with E-state index < -0.39 is 39.1 Å². The van der Waals surface area contributed by atoms with E-state index in [0.717, 1.165) is 30.3 Å². The van der Waals surface area contributed by atoms with Gasteiger partial charge in [0, 0.05) is 11.3 Å². The summed E-state index contributed by atoms with van der Waals surface area (Å²) in [7, 11) is -3.97. The molecule has 0 aliphatic carbocycles. The maximum absolute atomic E-state index is 13.2. The van der Waals surface area contributed by atoms with E-state index in [1.807, 2.05) is 0 Å². The van der Waals surface area contributed by atoms with Crippen molar-refractivity contribution >= 4 is 33.3 Å². The molecule has 30 heavy (non-hydrogen) atoms. The minimum Gasteiger partial charge on any atom is -0.478 e. The zero-order chi connectivity index (χ0) is 21.9. The summed E-state index contributed by atoms with van der Waals surface area (Å²) in [6.07, 6.45) is 0. The second-order valence-electron chi connectivity index (χ2n) is 6.09. The quantitative estimate of drug-likeness (QED) is 0.550. The number of carboxylic acids is 1. The average Bonchev–Trinajstić information content (AvgIpc) is 2.71. The van der Waals surface area contributed by atoms with Gasteiger partial charge < -0.3 is 10.4 Å². The summed E-state index contributed by atoms with van der Waals surface area (Å²) < 4.78 is 53.3. The van der Waals surface area contributed by atoms with Crippen LogP contribution in [0.3, 0.4) is 0 Å². The Hall–Kier alpha value is -3.79. The van der Waals surface area contributed by atoms with Crippen molar-refractivity contribution in [3.05, 3.63) is 89.5 Å². The number of carbonyl (C=O) groups is 2. The van der Waals surface area contributed by atoms with Crippen LogP contribution in [0.15, 0.2) is 71.6 Å². The standard InChI is InChI=1S/C20H14F2N2O5S/c21-13-3-6-15(7-4-13)24-30(28,29)16-8-1-12(2-9-16)19(25)23-18-10-5-14(22)11-17(18)20(26)27/h1-11,24H,(H,23,25)(H,26,27). The number of hydrogen-bond donors (Lipinski definition) is 3. The van der Waals surface area contributed by atoms with Gasteiger partial charge in [-0.15, -0.1) is 0 Å². The molecule has 0 heterocycles. The van der Waals surface area contributed by atoms with E-state index in [0.29, 0.717) is 0 Å². The summed E-state index contributed by atoms with van der Waals surface area (Å²) in [6.45, 7) is 0. The molecule has 0 radical (unpaired) electrons. The number of carbonyl (C=O) groups excluding carboxylic acids is 1. The van der Waals surface area contributed by atoms with Crippen molar-refractivity contribution in [1.29, 1.82) is 0 Å². The zero-order valence-electron chi connectivity index (χ0n) is 15.1. The molecule has 0 spiro atoms. The monoisotopic (exact) mass is 432 g/mol. The number of nitrogens with one attached hydrogen (secondary N) is 2. The molecule has 0 saturated heterocycles. The lowest BCUT2D eigenvalue weighted by atomic mass is 10.1. The summed E-state index contributed by atoms with van der Waals surface area (Å²) in [4.78, 5) is 23.4. The van der Waals surface area contributed by atoms with Crippen LogP contribution in [-0.2, 0) is 10.0 Å². The average molecular weight is 432 g/mol. The topological polar surface area (TPSA) is 113 Å². The second-order valence-corrected chi connectivity index (χ2v) is 7.77. The van der Waals surface area contributed by atoms with E-state index in [4.69, 9.17) is 5.11 Å². The SMILES string of the molecule is O=C(Nc1ccc(F)cc1C(=O)O)c1ccc(S(=O)(=O)Nc2ccc(F)cc2)cc1. The molecule has 3 aromatic carbocycles. The van der Waals surface area contributed by atoms with Crippen LogP contribution in [0.4, 0.5) is 20.2 Å². The number of aromatic carboxylic acids is 1. The van der Waals surface area contributed by atoms with Crippen molar-refractivity contribution in [3.8, 4) is 0 Å². The van der Waals surface area contributed by atoms with Crippen LogP contribution in [0.2, 0.25) is 0 Å². The Labute approximate surface area is 170 Å². The van der Waals surface area contributed by atoms with Crippen molar-refractivity contribution in [1.82, 2.24) is 0 Å². The first-order valence-corrected chi connectivity index (χ1v) is 9.87. The lowest BCUT2D eigenvalue weighted by Crippen LogP contribution is -2.16. The van der Waals surface area contributed by atoms with Crippen molar-refractivity contribution in [3.63, 3.8) is 0 Å². The Balaban J connectivity index is 1.77. The molecule has 0 unspecified atom stereocenters. The summed E-state index contributed by atoms with van der Waals surface area (Å²) in [6, 6.07) is 12.5. The Morgan fingerprint density at radius 1 is 0.833 bits per heavy atom. The van der Waals surface area contributed by atoms with Crippen LogP contribution in [0, 0.1) is 11.6 Å². The summed E-state index contributed by atoms with van der Waals surface area (Å²) in [5, 5.41) is 11.5. The number of anilines is 2. The van der Waals surface area contributed by atoms with Crippen LogP contribution in [0.1, 0.15) is 20.7 Å². The number of sulfonamides is 1. The highest BCUT2D eigenvalue weighted by Gasteiger charge is 2.17. The van der Waals surface area contributed by atoms with Gasteiger partial charge in [-0.3, -0.25) is 9.52 Å². The van der Waals surface area contributed by atoms with Gasteiger partial charge in [0.1, 0.15) is 11.6 Å². The minimum atomic E-state index is -3.97. The fourth-order valence-electron chi connectivity index (χ4n) is 2.51. The second kappa shape index (κ2) is 8.29. The smallest absolute Gasteiger partial charge is 0.337 e. The minimum absolute atomic E-state index is 0.0522. The number of rotatable bonds is 6. The van der Waals surface area contributed by atoms with Crippen molar-refractivity contribution in [2.45, 2.75) is 4.90 Å². The van der Waals surface area contributed by atoms with Gasteiger partial charge in [-0.1, -0.05) is 0 Å². The summed E-state index contributed by atoms with van der Waals surface area (Å²) >= 11 is 0. The molecule has 0 fully saturated rings. The van der Waals surface area contributed by atoms with Crippen LogP contribution in [-0.4, -0.2) is 25.4 Å². The normalized spacial score (nSPS) is 11.0. The number of benzene rings is 3. The molecule has 0 aliphatic heterocycles. The zero-order valence-corrected chi connectivity index (χ0v) is 15.9. The highest BCUT2D eigenvalue weighted by molar-refractivity contribution is 7.92. The Morgan fingerprint density at radius 2 is 1.43 bits per heavy atom. The molecule has 10 heteroatoms. The third-order valence-corrected chi connectivity index (χ3v) is 5.38. The fraction of sp³-hybridized carbons (Fsp3) is 0. The van der Waals surface area contributed by atoms with Gasteiger partial charge in [0.2, 0.25) is 0 Å². The molecule has 1 amide bonds. The number of amides is 1. The van der Waals surface area contributed by atoms with Gasteiger partial charge in [-0.05, 0) is 66.7 Å². The third kappa shape index (κ3) is 4.78. The molecule has 0 saturated carbocycles. The molecule has 3 aromatic rings. The van der Waals surface area contributed by atoms with E-state index >= 15 is 0 Å². The van der Waals surface area contributed by atoms with Crippen molar-refractivity contribution in [2.24, 2.45) is 0 Å². The van der Waals surface area contributed by atoms with Crippen molar-refractivity contribution < 1.29 is 31.9 Å². The molecular weight excluding hydrogens is 418 g/mol. The Kier molecular flexibility index (Phi) is 5.79. The maximum Gasteiger partial charge on any atom is 0.337 e. The molecule has 0 atom stereocenters. The highest BCUT2D eigenvalue weighted by Crippen LogP contribution is 2.20. The van der Waals surface area contributed by atoms with E-state index in [-0.39, 0.29) is 21.8 Å². The fourth-order valence-corrected chi connectivity index (χ4v) is 3.57. The number of hydrogen-bond acceptors (Lipinski definition) is 4. The van der Waals surface area contributed by atoms with Gasteiger partial charge in [0.25, 0.3) is 15.9 Å². The molecule has 3 rings (SSSR count). The summed E-state index contributed by atoms with van der Waals surface area (Å²) in [5.74, 6) is -3.41. The van der Waals surface area contributed by atoms with E-state index in [2.05, 4.69) is 10.0 Å². The van der Waals surface area contributed by atoms with Gasteiger partial charge >= 0.3 is 5.97 Å². The molecular formula is C20H14F2N2O5S. The van der Waals surface area contributed by atoms with Gasteiger partial charge in [0.15, 0.2) is 0 Å². The van der Waals surface area contributed by atoms with Gasteiger partial charge in [-0.25, -0.2) is 22.0 Å². The number of carboxylic acid groups (broad SMARTS) is 1. The maximum atomic E-state index is 13.2. The van der Waals surface area contributed by atoms with Crippen LogP contribution in [0.25, 0.3) is 0 Å². The lowest BCUT2D eigenvalue weighted by molar-refractivity contribution is 0.0697. The highest BCUT2D eigenvalue weighted by atomic mass is 32.2. The van der Waals surface area contributed by atoms with E-state index in [1.165, 1.54) is 36.4 Å². The molecule has 3 N–H and O–H groups in total. The van der Waals surface area contributed by atoms with Crippen molar-refractivity contribution in [2.75, 3.05) is 10.0 Å². The predicted octanol–water partition coefficient (Wildman–Crippen LogP) is 3.72. The first-order valence-electron chi connectivity index (χ1n) is 8.38. The Bertz CT molecular complexity index is 1210. The number of halogens is 2. The van der Waals surface area contributed by atoms with Gasteiger partial charge in [0.05, 0.1) is 16.1 Å². The summed E-state index contributed by atoms with van der Waals surface area (Å²) in [5.41, 5.74) is -0.318. The van der Waals surface area contributed by atoms with Crippen LogP contribution < -0.4 is 10.0 Å². The van der Waals surface area contributed by atoms with E-state index in [1.54, 1.807) is 0 Å². The molecule has 0 bridgehead atoms. The Morgan fingerprint density at radius 3 is 2.03 bits per heavy atom. The van der Waals surface area contributed by atoms with Crippen LogP contribution >= 0.6 is 0 Å². The lowest BCUT2D eigenvalue weighted by Gasteiger charge is -2.10. The largest absolute Gasteiger partial charge is 0.478 e. The van der Waals surface area contributed by atoms with E-state index in [9.17, 15) is 26.8 Å². The molecule has 0 aliphatic rings. The molecule has 0 aromatic heterocycles. The molecule has 7 nitrogen and oxygen atoms in total. The van der Waals surface area contributed by atoms with Crippen LogP contribution in [0.5, 0.6) is 0 Å². The predicted molar refractivity (Wildman–Crippen MR) is 105 cm³/mol.